The summed E-state index contributed by atoms with van der Waals surface area (Å²) in [5.41, 5.74) is 2.02. The van der Waals surface area contributed by atoms with Gasteiger partial charge in [-0.05, 0) is 49.0 Å². The predicted octanol–water partition coefficient (Wildman–Crippen LogP) is 5.00. The van der Waals surface area contributed by atoms with Crippen LogP contribution in [-0.4, -0.2) is 17.1 Å². The van der Waals surface area contributed by atoms with Crippen molar-refractivity contribution in [3.8, 4) is 5.75 Å². The molecule has 2 aromatic carbocycles. The van der Waals surface area contributed by atoms with Crippen molar-refractivity contribution in [1.29, 1.82) is 0 Å². The van der Waals surface area contributed by atoms with E-state index in [1.807, 2.05) is 61.5 Å². The average molecular weight is 366 g/mol. The first kappa shape index (κ1) is 18.0. The van der Waals surface area contributed by atoms with Crippen LogP contribution in [0.2, 0.25) is 0 Å². The zero-order valence-corrected chi connectivity index (χ0v) is 15.8. The van der Waals surface area contributed by atoms with Gasteiger partial charge in [0.1, 0.15) is 17.3 Å². The molecule has 3 rings (SSSR count). The summed E-state index contributed by atoms with van der Waals surface area (Å²) in [4.78, 5) is 2.08. The van der Waals surface area contributed by atoms with Crippen LogP contribution in [0.5, 0.6) is 5.75 Å². The van der Waals surface area contributed by atoms with Gasteiger partial charge in [0.05, 0.1) is 19.3 Å². The molecule has 0 radical (unpaired) electrons. The number of thiocarbonyl (C=S) groups is 1. The molecule has 0 fully saturated rings. The molecule has 0 amide bonds. The zero-order valence-electron chi connectivity index (χ0n) is 14.9. The Bertz CT molecular complexity index is 861. The van der Waals surface area contributed by atoms with Crippen LogP contribution in [0.3, 0.4) is 0 Å². The van der Waals surface area contributed by atoms with E-state index in [1.54, 1.807) is 7.11 Å². The van der Waals surface area contributed by atoms with E-state index in [2.05, 4.69) is 22.3 Å². The largest absolute Gasteiger partial charge is 0.495 e. The van der Waals surface area contributed by atoms with Crippen LogP contribution >= 0.6 is 12.2 Å². The Morgan fingerprint density at radius 3 is 2.42 bits per heavy atom. The first-order valence-corrected chi connectivity index (χ1v) is 8.84. The van der Waals surface area contributed by atoms with Gasteiger partial charge in [0.25, 0.3) is 0 Å². The number of anilines is 1. The number of hydrogen-bond donors (Lipinski definition) is 1. The van der Waals surface area contributed by atoms with Crippen molar-refractivity contribution >= 4 is 23.0 Å². The Kier molecular flexibility index (Phi) is 5.92. The topological polar surface area (TPSA) is 37.6 Å². The zero-order chi connectivity index (χ0) is 18.4. The lowest BCUT2D eigenvalue weighted by molar-refractivity contribution is 0.354. The summed E-state index contributed by atoms with van der Waals surface area (Å²) in [6.07, 6.45) is 0. The fourth-order valence-corrected chi connectivity index (χ4v) is 2.94. The summed E-state index contributed by atoms with van der Waals surface area (Å²) < 4.78 is 11.1. The average Bonchev–Trinajstić information content (AvgIpc) is 3.07. The van der Waals surface area contributed by atoms with Crippen molar-refractivity contribution in [2.24, 2.45) is 0 Å². The molecule has 0 saturated heterocycles. The standard InChI is InChI=1S/C21H22N2O2S/c1-16-12-13-18(25-16)15-23(14-17-8-4-3-5-9-17)21(26)22-19-10-6-7-11-20(19)24-2/h3-13H,14-15H2,1-2H3,(H,22,26). The molecule has 0 spiro atoms. The Hall–Kier alpha value is -2.79. The minimum atomic E-state index is 0.587. The molecule has 134 valence electrons. The maximum Gasteiger partial charge on any atom is 0.174 e. The van der Waals surface area contributed by atoms with Crippen molar-refractivity contribution in [3.63, 3.8) is 0 Å². The highest BCUT2D eigenvalue weighted by molar-refractivity contribution is 7.80. The van der Waals surface area contributed by atoms with Gasteiger partial charge >= 0.3 is 0 Å². The smallest absolute Gasteiger partial charge is 0.174 e. The molecule has 0 atom stereocenters. The van der Waals surface area contributed by atoms with Gasteiger partial charge in [-0.1, -0.05) is 42.5 Å². The number of benzene rings is 2. The van der Waals surface area contributed by atoms with Crippen LogP contribution in [0.25, 0.3) is 0 Å². The van der Waals surface area contributed by atoms with E-state index in [0.717, 1.165) is 23.0 Å². The van der Waals surface area contributed by atoms with Gasteiger partial charge in [0, 0.05) is 6.54 Å². The summed E-state index contributed by atoms with van der Waals surface area (Å²) in [5, 5.41) is 3.92. The number of furan rings is 1. The Morgan fingerprint density at radius 2 is 1.73 bits per heavy atom. The number of ether oxygens (including phenoxy) is 1. The van der Waals surface area contributed by atoms with Crippen molar-refractivity contribution in [2.75, 3.05) is 12.4 Å². The minimum absolute atomic E-state index is 0.587. The second kappa shape index (κ2) is 8.54. The van der Waals surface area contributed by atoms with Crippen LogP contribution in [0, 0.1) is 6.92 Å². The van der Waals surface area contributed by atoms with Gasteiger partial charge in [-0.2, -0.15) is 0 Å². The van der Waals surface area contributed by atoms with Gasteiger partial charge in [-0.3, -0.25) is 0 Å². The molecular weight excluding hydrogens is 344 g/mol. The SMILES string of the molecule is COc1ccccc1NC(=S)N(Cc1ccccc1)Cc1ccc(C)o1. The van der Waals surface area contributed by atoms with Gasteiger partial charge in [-0.15, -0.1) is 0 Å². The normalized spacial score (nSPS) is 10.4. The molecule has 1 aromatic heterocycles. The highest BCUT2D eigenvalue weighted by Crippen LogP contribution is 2.24. The van der Waals surface area contributed by atoms with Gasteiger partial charge < -0.3 is 19.4 Å². The third kappa shape index (κ3) is 4.64. The van der Waals surface area contributed by atoms with Crippen LogP contribution in [-0.2, 0) is 13.1 Å². The third-order valence-corrected chi connectivity index (χ3v) is 4.36. The lowest BCUT2D eigenvalue weighted by atomic mass is 10.2. The minimum Gasteiger partial charge on any atom is -0.495 e. The molecule has 0 bridgehead atoms. The lowest BCUT2D eigenvalue weighted by Crippen LogP contribution is -2.33. The summed E-state index contributed by atoms with van der Waals surface area (Å²) in [5.74, 6) is 2.52. The summed E-state index contributed by atoms with van der Waals surface area (Å²) in [7, 11) is 1.65. The molecule has 1 heterocycles. The maximum atomic E-state index is 5.74. The van der Waals surface area contributed by atoms with Crippen molar-refractivity contribution in [1.82, 2.24) is 4.90 Å². The number of aryl methyl sites for hydroxylation is 1. The predicted molar refractivity (Wildman–Crippen MR) is 108 cm³/mol. The first-order valence-electron chi connectivity index (χ1n) is 8.44. The number of methoxy groups -OCH3 is 1. The fraction of sp³-hybridized carbons (Fsp3) is 0.190. The third-order valence-electron chi connectivity index (χ3n) is 3.99. The van der Waals surface area contributed by atoms with E-state index in [9.17, 15) is 0 Å². The van der Waals surface area contributed by atoms with Crippen LogP contribution in [0.1, 0.15) is 17.1 Å². The molecule has 0 saturated carbocycles. The molecule has 0 aliphatic carbocycles. The summed E-state index contributed by atoms with van der Waals surface area (Å²) in [6.45, 7) is 3.21. The molecule has 26 heavy (non-hydrogen) atoms. The van der Waals surface area contributed by atoms with Gasteiger partial charge in [0.15, 0.2) is 5.11 Å². The molecule has 5 heteroatoms. The van der Waals surface area contributed by atoms with Crippen LogP contribution in [0.15, 0.2) is 71.1 Å². The number of nitrogens with one attached hydrogen (secondary N) is 1. The number of rotatable bonds is 6. The molecule has 0 aliphatic rings. The number of para-hydroxylation sites is 2. The fourth-order valence-electron chi connectivity index (χ4n) is 2.70. The van der Waals surface area contributed by atoms with Gasteiger partial charge in [-0.25, -0.2) is 0 Å². The molecule has 0 aliphatic heterocycles. The van der Waals surface area contributed by atoms with E-state index in [-0.39, 0.29) is 0 Å². The molecule has 3 aromatic rings. The molecule has 1 N–H and O–H groups in total. The van der Waals surface area contributed by atoms with Crippen molar-refractivity contribution < 1.29 is 9.15 Å². The van der Waals surface area contributed by atoms with Crippen LogP contribution < -0.4 is 10.1 Å². The van der Waals surface area contributed by atoms with E-state index in [1.165, 1.54) is 5.56 Å². The van der Waals surface area contributed by atoms with E-state index < -0.39 is 0 Å². The molecular formula is C21H22N2O2S. The summed E-state index contributed by atoms with van der Waals surface area (Å²) >= 11 is 5.69. The summed E-state index contributed by atoms with van der Waals surface area (Å²) in [6, 6.07) is 21.9. The monoisotopic (exact) mass is 366 g/mol. The highest BCUT2D eigenvalue weighted by Gasteiger charge is 2.15. The second-order valence-corrected chi connectivity index (χ2v) is 6.37. The first-order chi connectivity index (χ1) is 12.7. The van der Waals surface area contributed by atoms with E-state index in [0.29, 0.717) is 18.2 Å². The highest BCUT2D eigenvalue weighted by atomic mass is 32.1. The Balaban J connectivity index is 1.80. The van der Waals surface area contributed by atoms with E-state index in [4.69, 9.17) is 21.4 Å². The number of nitrogens with zero attached hydrogens (tertiary/aromatic N) is 1. The maximum absolute atomic E-state index is 5.74. The van der Waals surface area contributed by atoms with Gasteiger partial charge in [0.2, 0.25) is 0 Å². The van der Waals surface area contributed by atoms with Crippen LogP contribution in [0.4, 0.5) is 5.69 Å². The van der Waals surface area contributed by atoms with Crippen molar-refractivity contribution in [2.45, 2.75) is 20.0 Å². The molecule has 0 unspecified atom stereocenters. The quantitative estimate of drug-likeness (QED) is 0.622. The lowest BCUT2D eigenvalue weighted by Gasteiger charge is -2.25. The number of hydrogen-bond acceptors (Lipinski definition) is 3. The van der Waals surface area contributed by atoms with Crippen molar-refractivity contribution in [3.05, 3.63) is 83.8 Å². The second-order valence-electron chi connectivity index (χ2n) is 5.98. The van der Waals surface area contributed by atoms with E-state index >= 15 is 0 Å². The Morgan fingerprint density at radius 1 is 1.00 bits per heavy atom. The Labute approximate surface area is 159 Å². The molecule has 4 nitrogen and oxygen atoms in total.